The van der Waals surface area contributed by atoms with Crippen LogP contribution in [0.15, 0.2) is 18.2 Å². The Labute approximate surface area is 79.0 Å². The van der Waals surface area contributed by atoms with Crippen molar-refractivity contribution in [1.29, 1.82) is 5.26 Å². The van der Waals surface area contributed by atoms with Crippen molar-refractivity contribution in [3.05, 3.63) is 29.6 Å². The topological polar surface area (TPSA) is 36.7 Å². The number of pyridine rings is 1. The molecule has 74 valence electrons. The van der Waals surface area contributed by atoms with Gasteiger partial charge in [-0.2, -0.15) is 18.4 Å². The highest BCUT2D eigenvalue weighted by atomic mass is 19.4. The lowest BCUT2D eigenvalue weighted by atomic mass is 10.1. The van der Waals surface area contributed by atoms with Gasteiger partial charge in [0.1, 0.15) is 5.69 Å². The molecular formula is C9H7F3N2. The minimum absolute atomic E-state index is 0.141. The van der Waals surface area contributed by atoms with E-state index in [4.69, 9.17) is 5.26 Å². The predicted octanol–water partition coefficient (Wildman–Crippen LogP) is 2.73. The molecule has 0 saturated carbocycles. The monoisotopic (exact) mass is 200 g/mol. The first kappa shape index (κ1) is 10.5. The van der Waals surface area contributed by atoms with Crippen molar-refractivity contribution in [3.8, 4) is 6.07 Å². The first-order valence-electron chi connectivity index (χ1n) is 3.89. The van der Waals surface area contributed by atoms with Gasteiger partial charge in [-0.3, -0.25) is 0 Å². The third kappa shape index (κ3) is 2.22. The molecule has 0 N–H and O–H groups in total. The van der Waals surface area contributed by atoms with Crippen LogP contribution < -0.4 is 0 Å². The first-order chi connectivity index (χ1) is 6.45. The Morgan fingerprint density at radius 1 is 1.43 bits per heavy atom. The van der Waals surface area contributed by atoms with Gasteiger partial charge in [-0.15, -0.1) is 0 Å². The SMILES string of the molecule is CC(C#N)c1cccc(C(F)(F)F)n1. The van der Waals surface area contributed by atoms with Crippen LogP contribution in [0.1, 0.15) is 24.2 Å². The van der Waals surface area contributed by atoms with Gasteiger partial charge < -0.3 is 0 Å². The van der Waals surface area contributed by atoms with Gasteiger partial charge in [0, 0.05) is 0 Å². The molecule has 1 atom stereocenters. The van der Waals surface area contributed by atoms with Gasteiger partial charge in [0.2, 0.25) is 0 Å². The van der Waals surface area contributed by atoms with E-state index in [0.717, 1.165) is 6.07 Å². The molecule has 0 saturated heterocycles. The molecule has 0 spiro atoms. The van der Waals surface area contributed by atoms with Gasteiger partial charge in [-0.25, -0.2) is 4.98 Å². The number of hydrogen-bond acceptors (Lipinski definition) is 2. The fourth-order valence-corrected chi connectivity index (χ4v) is 0.917. The Balaban J connectivity index is 3.09. The summed E-state index contributed by atoms with van der Waals surface area (Å²) in [4.78, 5) is 3.37. The molecule has 0 fully saturated rings. The molecule has 1 aromatic heterocycles. The van der Waals surface area contributed by atoms with Gasteiger partial charge in [-0.05, 0) is 19.1 Å². The molecule has 0 amide bonds. The molecule has 1 rings (SSSR count). The second-order valence-corrected chi connectivity index (χ2v) is 2.80. The van der Waals surface area contributed by atoms with Crippen LogP contribution in [0.2, 0.25) is 0 Å². The number of hydrogen-bond donors (Lipinski definition) is 0. The van der Waals surface area contributed by atoms with E-state index in [0.29, 0.717) is 0 Å². The van der Waals surface area contributed by atoms with E-state index >= 15 is 0 Å². The van der Waals surface area contributed by atoms with Crippen LogP contribution in [-0.4, -0.2) is 4.98 Å². The molecule has 0 aliphatic rings. The summed E-state index contributed by atoms with van der Waals surface area (Å²) < 4.78 is 36.6. The number of nitrogens with zero attached hydrogens (tertiary/aromatic N) is 2. The van der Waals surface area contributed by atoms with E-state index < -0.39 is 17.8 Å². The standard InChI is InChI=1S/C9H7F3N2/c1-6(5-13)7-3-2-4-8(14-7)9(10,11)12/h2-4,6H,1H3. The van der Waals surface area contributed by atoms with Gasteiger partial charge in [0.15, 0.2) is 0 Å². The van der Waals surface area contributed by atoms with E-state index in [1.165, 1.54) is 19.1 Å². The maximum absolute atomic E-state index is 12.2. The lowest BCUT2D eigenvalue weighted by Crippen LogP contribution is -2.09. The number of aromatic nitrogens is 1. The number of rotatable bonds is 1. The molecule has 0 aliphatic carbocycles. The molecule has 0 aromatic carbocycles. The maximum atomic E-state index is 12.2. The highest BCUT2D eigenvalue weighted by molar-refractivity contribution is 5.20. The zero-order valence-electron chi connectivity index (χ0n) is 7.34. The summed E-state index contributed by atoms with van der Waals surface area (Å²) >= 11 is 0. The van der Waals surface area contributed by atoms with E-state index in [1.807, 2.05) is 6.07 Å². The van der Waals surface area contributed by atoms with Gasteiger partial charge in [0.05, 0.1) is 17.7 Å². The summed E-state index contributed by atoms with van der Waals surface area (Å²) in [5.41, 5.74) is -0.820. The molecule has 1 heterocycles. The minimum Gasteiger partial charge on any atom is -0.247 e. The van der Waals surface area contributed by atoms with Crippen molar-refractivity contribution in [1.82, 2.24) is 4.98 Å². The third-order valence-electron chi connectivity index (χ3n) is 1.70. The van der Waals surface area contributed by atoms with Crippen LogP contribution in [0.3, 0.4) is 0 Å². The maximum Gasteiger partial charge on any atom is 0.433 e. The first-order valence-corrected chi connectivity index (χ1v) is 3.89. The summed E-state index contributed by atoms with van der Waals surface area (Å²) in [5.74, 6) is -0.628. The number of halogens is 3. The van der Waals surface area contributed by atoms with Crippen LogP contribution >= 0.6 is 0 Å². The lowest BCUT2D eigenvalue weighted by Gasteiger charge is -2.07. The Hall–Kier alpha value is -1.57. The molecule has 0 radical (unpaired) electrons. The second kappa shape index (κ2) is 3.66. The summed E-state index contributed by atoms with van der Waals surface area (Å²) in [5, 5.41) is 8.51. The Kier molecular flexibility index (Phi) is 2.75. The Bertz CT molecular complexity index is 365. The summed E-state index contributed by atoms with van der Waals surface area (Å²) in [7, 11) is 0. The average Bonchev–Trinajstić information content (AvgIpc) is 2.15. The lowest BCUT2D eigenvalue weighted by molar-refractivity contribution is -0.141. The highest BCUT2D eigenvalue weighted by Crippen LogP contribution is 2.28. The van der Waals surface area contributed by atoms with E-state index in [-0.39, 0.29) is 5.69 Å². The zero-order chi connectivity index (χ0) is 10.8. The van der Waals surface area contributed by atoms with Crippen LogP contribution in [-0.2, 0) is 6.18 Å². The number of alkyl halides is 3. The van der Waals surface area contributed by atoms with Gasteiger partial charge in [0.25, 0.3) is 0 Å². The van der Waals surface area contributed by atoms with E-state index in [2.05, 4.69) is 4.98 Å². The number of nitriles is 1. The Morgan fingerprint density at radius 3 is 2.57 bits per heavy atom. The van der Waals surface area contributed by atoms with Crippen molar-refractivity contribution in [3.63, 3.8) is 0 Å². The van der Waals surface area contributed by atoms with Crippen LogP contribution in [0, 0.1) is 11.3 Å². The van der Waals surface area contributed by atoms with Crippen LogP contribution in [0.4, 0.5) is 13.2 Å². The second-order valence-electron chi connectivity index (χ2n) is 2.80. The fraction of sp³-hybridized carbons (Fsp3) is 0.333. The molecule has 14 heavy (non-hydrogen) atoms. The predicted molar refractivity (Wildman–Crippen MR) is 43.3 cm³/mol. The van der Waals surface area contributed by atoms with Crippen molar-refractivity contribution in [2.24, 2.45) is 0 Å². The van der Waals surface area contributed by atoms with Crippen LogP contribution in [0.25, 0.3) is 0 Å². The summed E-state index contributed by atoms with van der Waals surface area (Å²) in [6.45, 7) is 1.50. The average molecular weight is 200 g/mol. The normalized spacial score (nSPS) is 13.4. The minimum atomic E-state index is -4.45. The molecule has 1 aromatic rings. The Morgan fingerprint density at radius 2 is 2.07 bits per heavy atom. The smallest absolute Gasteiger partial charge is 0.247 e. The summed E-state index contributed by atoms with van der Waals surface area (Å²) in [6, 6.07) is 5.37. The van der Waals surface area contributed by atoms with Crippen molar-refractivity contribution in [2.45, 2.75) is 19.0 Å². The molecule has 0 aliphatic heterocycles. The highest BCUT2D eigenvalue weighted by Gasteiger charge is 2.32. The largest absolute Gasteiger partial charge is 0.433 e. The van der Waals surface area contributed by atoms with Crippen molar-refractivity contribution >= 4 is 0 Å². The fourth-order valence-electron chi connectivity index (χ4n) is 0.917. The van der Waals surface area contributed by atoms with E-state index in [9.17, 15) is 13.2 Å². The van der Waals surface area contributed by atoms with Gasteiger partial charge >= 0.3 is 6.18 Å². The zero-order valence-corrected chi connectivity index (χ0v) is 7.34. The quantitative estimate of drug-likeness (QED) is 0.698. The molecule has 5 heteroatoms. The molecule has 2 nitrogen and oxygen atoms in total. The van der Waals surface area contributed by atoms with Crippen molar-refractivity contribution in [2.75, 3.05) is 0 Å². The van der Waals surface area contributed by atoms with E-state index in [1.54, 1.807) is 0 Å². The van der Waals surface area contributed by atoms with Crippen molar-refractivity contribution < 1.29 is 13.2 Å². The summed E-state index contributed by atoms with van der Waals surface area (Å²) in [6.07, 6.45) is -4.45. The molecule has 0 bridgehead atoms. The third-order valence-corrected chi connectivity index (χ3v) is 1.70. The molecular weight excluding hydrogens is 193 g/mol. The van der Waals surface area contributed by atoms with Crippen LogP contribution in [0.5, 0.6) is 0 Å². The molecule has 1 unspecified atom stereocenters. The van der Waals surface area contributed by atoms with Gasteiger partial charge in [-0.1, -0.05) is 6.07 Å².